The fraction of sp³-hybridized carbons (Fsp3) is 0. The smallest absolute Gasteiger partial charge is 0.135 e. The van der Waals surface area contributed by atoms with Crippen molar-refractivity contribution in [2.45, 2.75) is 0 Å². The Morgan fingerprint density at radius 3 is 1.98 bits per heavy atom. The quantitative estimate of drug-likeness (QED) is 0.169. The minimum Gasteiger partial charge on any atom is -0.456 e. The lowest BCUT2D eigenvalue weighted by molar-refractivity contribution is 0.513. The van der Waals surface area contributed by atoms with E-state index < -0.39 is 0 Å². The van der Waals surface area contributed by atoms with Gasteiger partial charge in [0, 0.05) is 59.1 Å². The minimum absolute atomic E-state index is 0.776. The summed E-state index contributed by atoms with van der Waals surface area (Å²) in [5.74, 6) is 1.57. The van der Waals surface area contributed by atoms with Crippen LogP contribution in [0.1, 0.15) is 11.1 Å². The number of fused-ring (bicyclic) bond motifs is 7. The normalized spacial score (nSPS) is 14.1. The number of thiophene rings is 1. The van der Waals surface area contributed by atoms with Crippen LogP contribution in [-0.2, 0) is 0 Å². The van der Waals surface area contributed by atoms with Crippen LogP contribution in [-0.4, -0.2) is 0 Å². The minimum atomic E-state index is 0.776. The summed E-state index contributed by atoms with van der Waals surface area (Å²) in [5.41, 5.74) is 12.5. The van der Waals surface area contributed by atoms with E-state index in [-0.39, 0.29) is 0 Å². The maximum atomic E-state index is 6.51. The molecule has 0 spiro atoms. The van der Waals surface area contributed by atoms with Crippen LogP contribution in [0, 0.1) is 0 Å². The number of hydrogen-bond donors (Lipinski definition) is 0. The zero-order chi connectivity index (χ0) is 38.6. The molecule has 0 saturated carbocycles. The van der Waals surface area contributed by atoms with Gasteiger partial charge in [-0.05, 0) is 113 Å². The Labute approximate surface area is 340 Å². The third-order valence-corrected chi connectivity index (χ3v) is 12.3. The van der Waals surface area contributed by atoms with Crippen molar-refractivity contribution in [1.29, 1.82) is 0 Å². The highest BCUT2D eigenvalue weighted by Gasteiger charge is 2.18. The van der Waals surface area contributed by atoms with Crippen molar-refractivity contribution < 1.29 is 9.15 Å². The first-order chi connectivity index (χ1) is 28.6. The zero-order valence-corrected chi connectivity index (χ0v) is 32.2. The molecule has 3 nitrogen and oxygen atoms in total. The zero-order valence-electron chi connectivity index (χ0n) is 31.4. The van der Waals surface area contributed by atoms with Crippen molar-refractivity contribution in [3.05, 3.63) is 218 Å². The van der Waals surface area contributed by atoms with Crippen LogP contribution >= 0.6 is 11.3 Å². The number of benzene rings is 8. The molecule has 1 aliphatic rings. The highest BCUT2D eigenvalue weighted by molar-refractivity contribution is 7.26. The molecule has 0 bridgehead atoms. The van der Waals surface area contributed by atoms with E-state index in [0.717, 1.165) is 78.3 Å². The predicted molar refractivity (Wildman–Crippen MR) is 245 cm³/mol. The Morgan fingerprint density at radius 1 is 0.466 bits per heavy atom. The number of anilines is 3. The Kier molecular flexibility index (Phi) is 8.16. The number of hydrogen-bond acceptors (Lipinski definition) is 4. The number of allylic oxidation sites excluding steroid dienone is 4. The summed E-state index contributed by atoms with van der Waals surface area (Å²) in [6.07, 6.45) is 6.04. The van der Waals surface area contributed by atoms with Gasteiger partial charge in [-0.1, -0.05) is 122 Å². The van der Waals surface area contributed by atoms with Gasteiger partial charge in [-0.25, -0.2) is 0 Å². The van der Waals surface area contributed by atoms with Crippen LogP contribution < -0.4 is 9.64 Å². The number of rotatable bonds is 6. The summed E-state index contributed by atoms with van der Waals surface area (Å²) in [4.78, 5) is 2.33. The average molecular weight is 762 g/mol. The highest BCUT2D eigenvalue weighted by Crippen LogP contribution is 2.43. The van der Waals surface area contributed by atoms with Crippen LogP contribution in [0.4, 0.5) is 17.1 Å². The second kappa shape index (κ2) is 14.0. The standard InChI is InChI=1S/C54H35NO2S/c1-35-11-8-21-49(56-50-19-5-2-14-43(35)50)37-25-30-41(31-26-37)55(40-28-23-36(24-29-40)44-17-10-18-47-46-16-4-7-22-53(46)58-54(44)47)42-13-9-12-38(33-42)39-27-32-52-48(34-39)45-15-3-6-20-51(45)57-52/h2-34H,1H2/b11-8-,49-21-. The lowest BCUT2D eigenvalue weighted by Crippen LogP contribution is -2.10. The van der Waals surface area contributed by atoms with Crippen molar-refractivity contribution in [3.63, 3.8) is 0 Å². The van der Waals surface area contributed by atoms with E-state index in [9.17, 15) is 0 Å². The molecule has 0 aliphatic carbocycles. The van der Waals surface area contributed by atoms with E-state index in [2.05, 4.69) is 157 Å². The van der Waals surface area contributed by atoms with Crippen molar-refractivity contribution >= 4 is 81.8 Å². The van der Waals surface area contributed by atoms with Crippen LogP contribution in [0.2, 0.25) is 0 Å². The van der Waals surface area contributed by atoms with Crippen LogP contribution in [0.3, 0.4) is 0 Å². The predicted octanol–water partition coefficient (Wildman–Crippen LogP) is 15.8. The molecule has 11 rings (SSSR count). The first-order valence-electron chi connectivity index (χ1n) is 19.4. The first kappa shape index (κ1) is 33.9. The number of para-hydroxylation sites is 2. The third-order valence-electron chi connectivity index (χ3n) is 11.1. The number of ether oxygens (including phenoxy) is 1. The van der Waals surface area contributed by atoms with Gasteiger partial charge in [-0.2, -0.15) is 0 Å². The molecule has 4 heteroatoms. The van der Waals surface area contributed by atoms with Gasteiger partial charge in [0.1, 0.15) is 22.7 Å². The molecule has 0 N–H and O–H groups in total. The topological polar surface area (TPSA) is 25.6 Å². The van der Waals surface area contributed by atoms with E-state index in [1.165, 1.54) is 31.3 Å². The highest BCUT2D eigenvalue weighted by atomic mass is 32.1. The van der Waals surface area contributed by atoms with Gasteiger partial charge in [0.25, 0.3) is 0 Å². The fourth-order valence-electron chi connectivity index (χ4n) is 8.19. The molecule has 58 heavy (non-hydrogen) atoms. The monoisotopic (exact) mass is 761 g/mol. The Morgan fingerprint density at radius 2 is 1.12 bits per heavy atom. The van der Waals surface area contributed by atoms with Crippen molar-refractivity contribution in [2.75, 3.05) is 4.90 Å². The summed E-state index contributed by atoms with van der Waals surface area (Å²) in [6, 6.07) is 64.5. The van der Waals surface area contributed by atoms with Crippen LogP contribution in [0.15, 0.2) is 211 Å². The lowest BCUT2D eigenvalue weighted by Gasteiger charge is -2.26. The van der Waals surface area contributed by atoms with E-state index >= 15 is 0 Å². The van der Waals surface area contributed by atoms with E-state index in [1.54, 1.807) is 0 Å². The van der Waals surface area contributed by atoms with Crippen LogP contribution in [0.25, 0.3) is 75.7 Å². The molecule has 10 aromatic rings. The molecule has 0 atom stereocenters. The molecule has 0 amide bonds. The largest absolute Gasteiger partial charge is 0.456 e. The first-order valence-corrected chi connectivity index (χ1v) is 20.2. The van der Waals surface area contributed by atoms with Gasteiger partial charge in [-0.3, -0.25) is 0 Å². The molecule has 0 radical (unpaired) electrons. The lowest BCUT2D eigenvalue weighted by atomic mass is 10.0. The van der Waals surface area contributed by atoms with Crippen molar-refractivity contribution in [1.82, 2.24) is 0 Å². The van der Waals surface area contributed by atoms with E-state index in [0.29, 0.717) is 0 Å². The van der Waals surface area contributed by atoms with Gasteiger partial charge >= 0.3 is 0 Å². The summed E-state index contributed by atoms with van der Waals surface area (Å²) in [7, 11) is 0. The fourth-order valence-corrected chi connectivity index (χ4v) is 9.43. The molecule has 0 saturated heterocycles. The molecule has 1 aliphatic heterocycles. The summed E-state index contributed by atoms with van der Waals surface area (Å²) < 4.78 is 15.3. The van der Waals surface area contributed by atoms with Gasteiger partial charge < -0.3 is 14.1 Å². The molecule has 0 unspecified atom stereocenters. The van der Waals surface area contributed by atoms with E-state index in [1.807, 2.05) is 66.0 Å². The van der Waals surface area contributed by atoms with Crippen LogP contribution in [0.5, 0.6) is 5.75 Å². The number of nitrogens with zero attached hydrogens (tertiary/aromatic N) is 1. The summed E-state index contributed by atoms with van der Waals surface area (Å²) >= 11 is 1.86. The van der Waals surface area contributed by atoms with Gasteiger partial charge in [0.05, 0.1) is 0 Å². The van der Waals surface area contributed by atoms with E-state index in [4.69, 9.17) is 9.15 Å². The Bertz CT molecular complexity index is 3270. The van der Waals surface area contributed by atoms with Crippen molar-refractivity contribution in [2.24, 2.45) is 0 Å². The SMILES string of the molecule is C=C1/C=C\C=C(\c2ccc(N(c3ccc(-c4cccc5c4sc4ccccc45)cc3)c3cccc(-c4ccc5oc6ccccc6c5c4)c3)cc2)Oc2ccccc21. The molecular weight excluding hydrogens is 727 g/mol. The summed E-state index contributed by atoms with van der Waals surface area (Å²) in [5, 5.41) is 4.84. The molecule has 3 heterocycles. The third kappa shape index (κ3) is 5.90. The molecular formula is C54H35NO2S. The van der Waals surface area contributed by atoms with Gasteiger partial charge in [0.2, 0.25) is 0 Å². The Balaban J connectivity index is 1.00. The second-order valence-electron chi connectivity index (χ2n) is 14.6. The molecule has 2 aromatic heterocycles. The number of furan rings is 1. The maximum Gasteiger partial charge on any atom is 0.135 e. The summed E-state index contributed by atoms with van der Waals surface area (Å²) in [6.45, 7) is 4.23. The van der Waals surface area contributed by atoms with Crippen molar-refractivity contribution in [3.8, 4) is 28.0 Å². The Hall–Kier alpha value is -7.40. The second-order valence-corrected chi connectivity index (χ2v) is 15.6. The molecule has 274 valence electrons. The molecule has 0 fully saturated rings. The van der Waals surface area contributed by atoms with Gasteiger partial charge in [0.15, 0.2) is 0 Å². The molecule has 8 aromatic carbocycles. The average Bonchev–Trinajstić information content (AvgIpc) is 3.85. The maximum absolute atomic E-state index is 6.51. The van der Waals surface area contributed by atoms with Gasteiger partial charge in [-0.15, -0.1) is 11.3 Å².